The molecule has 1 saturated heterocycles. The van der Waals surface area contributed by atoms with Crippen LogP contribution in [0.4, 0.5) is 17.2 Å². The van der Waals surface area contributed by atoms with E-state index in [4.69, 9.17) is 9.47 Å². The number of piperazine rings is 1. The number of carbonyl (C=O) groups is 1. The number of ether oxygens (including phenoxy) is 2. The summed E-state index contributed by atoms with van der Waals surface area (Å²) in [5, 5.41) is 12.3. The van der Waals surface area contributed by atoms with E-state index in [1.54, 1.807) is 18.2 Å². The topological polar surface area (TPSA) is 79.8 Å². The Morgan fingerprint density at radius 2 is 1.69 bits per heavy atom. The monoisotopic (exact) mass is 449 g/mol. The zero-order valence-corrected chi connectivity index (χ0v) is 18.3. The van der Waals surface area contributed by atoms with Crippen molar-refractivity contribution in [3.8, 4) is 11.5 Å². The predicted octanol–water partition coefficient (Wildman–Crippen LogP) is 3.26. The molecule has 2 aliphatic heterocycles. The van der Waals surface area contributed by atoms with Crippen molar-refractivity contribution in [1.82, 2.24) is 10.2 Å². The fraction of sp³-hybridized carbons (Fsp3) is 0.261. The van der Waals surface area contributed by atoms with Gasteiger partial charge in [-0.25, -0.2) is 0 Å². The van der Waals surface area contributed by atoms with Gasteiger partial charge in [-0.1, -0.05) is 30.0 Å². The molecule has 0 radical (unpaired) electrons. The molecule has 2 aliphatic rings. The van der Waals surface area contributed by atoms with E-state index in [0.717, 1.165) is 37.0 Å². The number of anilines is 3. The molecule has 0 aliphatic carbocycles. The van der Waals surface area contributed by atoms with E-state index in [1.165, 1.54) is 17.4 Å². The highest BCUT2D eigenvalue weighted by Gasteiger charge is 2.19. The highest BCUT2D eigenvalue weighted by molar-refractivity contribution is 7.99. The van der Waals surface area contributed by atoms with Crippen molar-refractivity contribution in [1.29, 1.82) is 0 Å². The smallest absolute Gasteiger partial charge is 0.234 e. The van der Waals surface area contributed by atoms with E-state index < -0.39 is 0 Å². The molecule has 0 atom stereocenters. The third-order valence-corrected chi connectivity index (χ3v) is 6.28. The van der Waals surface area contributed by atoms with E-state index in [2.05, 4.69) is 49.6 Å². The maximum Gasteiger partial charge on any atom is 0.234 e. The number of hydrogen-bond donors (Lipinski definition) is 1. The van der Waals surface area contributed by atoms with Gasteiger partial charge in [-0.3, -0.25) is 4.79 Å². The van der Waals surface area contributed by atoms with Crippen LogP contribution in [-0.4, -0.2) is 54.8 Å². The Balaban J connectivity index is 1.10. The second-order valence-corrected chi connectivity index (χ2v) is 8.44. The molecule has 1 amide bonds. The van der Waals surface area contributed by atoms with Gasteiger partial charge in [0, 0.05) is 43.6 Å². The summed E-state index contributed by atoms with van der Waals surface area (Å²) >= 11 is 1.36. The first-order valence-corrected chi connectivity index (χ1v) is 11.4. The van der Waals surface area contributed by atoms with Crippen molar-refractivity contribution in [2.75, 3.05) is 53.8 Å². The van der Waals surface area contributed by atoms with Crippen LogP contribution in [0.25, 0.3) is 0 Å². The molecule has 0 saturated carbocycles. The number of carbonyl (C=O) groups excluding carboxylic acids is 1. The van der Waals surface area contributed by atoms with Crippen molar-refractivity contribution in [3.63, 3.8) is 0 Å². The molecule has 1 N–H and O–H groups in total. The summed E-state index contributed by atoms with van der Waals surface area (Å²) in [6, 6.07) is 19.7. The third-order valence-electron chi connectivity index (χ3n) is 5.36. The van der Waals surface area contributed by atoms with Crippen LogP contribution in [0.3, 0.4) is 0 Å². The molecule has 32 heavy (non-hydrogen) atoms. The second kappa shape index (κ2) is 9.35. The van der Waals surface area contributed by atoms with Crippen LogP contribution in [-0.2, 0) is 4.79 Å². The summed E-state index contributed by atoms with van der Waals surface area (Å²) in [7, 11) is 0. The van der Waals surface area contributed by atoms with Gasteiger partial charge < -0.3 is 24.6 Å². The first kappa shape index (κ1) is 20.4. The van der Waals surface area contributed by atoms with Gasteiger partial charge in [-0.05, 0) is 36.4 Å². The molecular weight excluding hydrogens is 426 g/mol. The van der Waals surface area contributed by atoms with Gasteiger partial charge in [0.15, 0.2) is 17.3 Å². The Morgan fingerprint density at radius 1 is 0.906 bits per heavy atom. The SMILES string of the molecule is O=C(CSc1ccc(N2CCN(c3ccccc3)CC2)nn1)Nc1ccc2c(c1)OCO2. The first-order chi connectivity index (χ1) is 15.7. The summed E-state index contributed by atoms with van der Waals surface area (Å²) in [5.74, 6) is 2.33. The number of hydrogen-bond acceptors (Lipinski definition) is 8. The Morgan fingerprint density at radius 3 is 2.47 bits per heavy atom. The molecule has 2 aromatic carbocycles. The van der Waals surface area contributed by atoms with Crippen LogP contribution in [0.5, 0.6) is 11.5 Å². The molecule has 0 spiro atoms. The fourth-order valence-corrected chi connectivity index (χ4v) is 4.32. The molecule has 164 valence electrons. The molecule has 3 aromatic rings. The van der Waals surface area contributed by atoms with Crippen LogP contribution in [0, 0.1) is 0 Å². The summed E-state index contributed by atoms with van der Waals surface area (Å²) < 4.78 is 10.6. The number of fused-ring (bicyclic) bond motifs is 1. The highest BCUT2D eigenvalue weighted by Crippen LogP contribution is 2.34. The highest BCUT2D eigenvalue weighted by atomic mass is 32.2. The number of nitrogens with zero attached hydrogens (tertiary/aromatic N) is 4. The molecular formula is C23H23N5O3S. The number of rotatable bonds is 6. The van der Waals surface area contributed by atoms with Crippen LogP contribution >= 0.6 is 11.8 Å². The second-order valence-electron chi connectivity index (χ2n) is 7.44. The summed E-state index contributed by atoms with van der Waals surface area (Å²) in [4.78, 5) is 16.9. The van der Waals surface area contributed by atoms with Gasteiger partial charge in [-0.15, -0.1) is 10.2 Å². The fourth-order valence-electron chi connectivity index (χ4n) is 3.70. The number of amides is 1. The van der Waals surface area contributed by atoms with Gasteiger partial charge in [0.2, 0.25) is 12.7 Å². The molecule has 0 bridgehead atoms. The quantitative estimate of drug-likeness (QED) is 0.575. The lowest BCUT2D eigenvalue weighted by atomic mass is 10.2. The maximum atomic E-state index is 12.3. The van der Waals surface area contributed by atoms with E-state index in [9.17, 15) is 4.79 Å². The number of thioether (sulfide) groups is 1. The molecule has 1 fully saturated rings. The Kier molecular flexibility index (Phi) is 5.98. The lowest BCUT2D eigenvalue weighted by Gasteiger charge is -2.36. The maximum absolute atomic E-state index is 12.3. The average molecular weight is 450 g/mol. The Hall–Kier alpha value is -3.46. The van der Waals surface area contributed by atoms with Gasteiger partial charge in [0.25, 0.3) is 0 Å². The van der Waals surface area contributed by atoms with Crippen LogP contribution in [0.1, 0.15) is 0 Å². The molecule has 1 aromatic heterocycles. The van der Waals surface area contributed by atoms with Crippen molar-refractivity contribution in [2.24, 2.45) is 0 Å². The lowest BCUT2D eigenvalue weighted by molar-refractivity contribution is -0.113. The van der Waals surface area contributed by atoms with Gasteiger partial charge in [0.05, 0.1) is 5.75 Å². The van der Waals surface area contributed by atoms with Gasteiger partial charge in [-0.2, -0.15) is 0 Å². The van der Waals surface area contributed by atoms with Gasteiger partial charge >= 0.3 is 0 Å². The Labute approximate surface area is 190 Å². The normalized spacial score (nSPS) is 15.0. The zero-order valence-electron chi connectivity index (χ0n) is 17.4. The lowest BCUT2D eigenvalue weighted by Crippen LogP contribution is -2.46. The number of para-hydroxylation sites is 1. The van der Waals surface area contributed by atoms with Crippen LogP contribution < -0.4 is 24.6 Å². The first-order valence-electron chi connectivity index (χ1n) is 10.5. The van der Waals surface area contributed by atoms with Crippen LogP contribution in [0.15, 0.2) is 65.7 Å². The number of nitrogens with one attached hydrogen (secondary N) is 1. The third kappa shape index (κ3) is 4.72. The van der Waals surface area contributed by atoms with E-state index >= 15 is 0 Å². The summed E-state index contributed by atoms with van der Waals surface area (Å²) in [5.41, 5.74) is 1.93. The van der Waals surface area contributed by atoms with Gasteiger partial charge in [0.1, 0.15) is 5.03 Å². The minimum atomic E-state index is -0.114. The standard InChI is InChI=1S/C23H23N5O3S/c29-22(24-17-6-7-19-20(14-17)31-16-30-19)15-32-23-9-8-21(25-26-23)28-12-10-27(11-13-28)18-4-2-1-3-5-18/h1-9,14H,10-13,15-16H2,(H,24,29). The van der Waals surface area contributed by atoms with Crippen molar-refractivity contribution < 1.29 is 14.3 Å². The van der Waals surface area contributed by atoms with E-state index in [-0.39, 0.29) is 18.5 Å². The zero-order chi connectivity index (χ0) is 21.8. The molecule has 5 rings (SSSR count). The molecule has 8 nitrogen and oxygen atoms in total. The van der Waals surface area contributed by atoms with Crippen LogP contribution in [0.2, 0.25) is 0 Å². The minimum Gasteiger partial charge on any atom is -0.454 e. The molecule has 3 heterocycles. The molecule has 0 unspecified atom stereocenters. The Bertz CT molecular complexity index is 1070. The van der Waals surface area contributed by atoms with E-state index in [1.807, 2.05) is 18.2 Å². The summed E-state index contributed by atoms with van der Waals surface area (Å²) in [6.45, 7) is 3.90. The number of aromatic nitrogens is 2. The minimum absolute atomic E-state index is 0.114. The molecule has 9 heteroatoms. The largest absolute Gasteiger partial charge is 0.454 e. The van der Waals surface area contributed by atoms with E-state index in [0.29, 0.717) is 17.2 Å². The average Bonchev–Trinajstić information content (AvgIpc) is 3.32. The van der Waals surface area contributed by atoms with Crippen molar-refractivity contribution >= 4 is 34.9 Å². The van der Waals surface area contributed by atoms with Crippen molar-refractivity contribution in [3.05, 3.63) is 60.7 Å². The predicted molar refractivity (Wildman–Crippen MR) is 125 cm³/mol. The number of benzene rings is 2. The summed E-state index contributed by atoms with van der Waals surface area (Å²) in [6.07, 6.45) is 0. The van der Waals surface area contributed by atoms with Crippen molar-refractivity contribution in [2.45, 2.75) is 5.03 Å².